The molecule has 1 aromatic carbocycles. The Kier molecular flexibility index (Phi) is 4.58. The van der Waals surface area contributed by atoms with Gasteiger partial charge >= 0.3 is 5.97 Å². The first-order valence-corrected chi connectivity index (χ1v) is 6.64. The third-order valence-corrected chi connectivity index (χ3v) is 2.97. The average molecular weight is 292 g/mol. The molecular weight excluding hydrogens is 278 g/mol. The number of hydrogen-bond donors (Lipinski definition) is 1. The second-order valence-electron chi connectivity index (χ2n) is 4.27. The van der Waals surface area contributed by atoms with Crippen molar-refractivity contribution in [1.29, 1.82) is 0 Å². The summed E-state index contributed by atoms with van der Waals surface area (Å²) in [4.78, 5) is 15.4. The Morgan fingerprint density at radius 2 is 2.10 bits per heavy atom. The Morgan fingerprint density at radius 1 is 1.35 bits per heavy atom. The number of carboxylic acid groups (broad SMARTS) is 1. The molecule has 0 amide bonds. The minimum Gasteiger partial charge on any atom is -0.478 e. The summed E-state index contributed by atoms with van der Waals surface area (Å²) in [7, 11) is 0. The van der Waals surface area contributed by atoms with Gasteiger partial charge in [-0.2, -0.15) is 0 Å². The van der Waals surface area contributed by atoms with E-state index in [0.717, 1.165) is 6.42 Å². The number of carboxylic acids is 1. The van der Waals surface area contributed by atoms with E-state index in [0.29, 0.717) is 22.9 Å². The van der Waals surface area contributed by atoms with Crippen molar-refractivity contribution < 1.29 is 14.6 Å². The van der Waals surface area contributed by atoms with Gasteiger partial charge in [-0.3, -0.25) is 0 Å². The Labute approximate surface area is 122 Å². The van der Waals surface area contributed by atoms with Gasteiger partial charge in [0.05, 0.1) is 10.6 Å². The number of benzene rings is 1. The van der Waals surface area contributed by atoms with Crippen molar-refractivity contribution >= 4 is 17.6 Å². The van der Waals surface area contributed by atoms with Crippen LogP contribution in [0.15, 0.2) is 36.4 Å². The highest BCUT2D eigenvalue weighted by molar-refractivity contribution is 6.32. The molecule has 0 saturated carbocycles. The number of hydrogen-bond acceptors (Lipinski definition) is 3. The van der Waals surface area contributed by atoms with Crippen molar-refractivity contribution in [3.63, 3.8) is 0 Å². The van der Waals surface area contributed by atoms with Crippen LogP contribution in [0.3, 0.4) is 0 Å². The molecule has 0 aliphatic heterocycles. The Morgan fingerprint density at radius 3 is 2.75 bits per heavy atom. The number of pyridine rings is 1. The van der Waals surface area contributed by atoms with E-state index < -0.39 is 5.97 Å². The molecule has 2 aromatic rings. The van der Waals surface area contributed by atoms with Crippen molar-refractivity contribution in [3.8, 4) is 11.6 Å². The largest absolute Gasteiger partial charge is 0.478 e. The molecule has 104 valence electrons. The summed E-state index contributed by atoms with van der Waals surface area (Å²) in [5, 5.41) is 9.56. The molecule has 0 radical (unpaired) electrons. The van der Waals surface area contributed by atoms with E-state index in [1.54, 1.807) is 30.3 Å². The third kappa shape index (κ3) is 3.48. The van der Waals surface area contributed by atoms with Crippen molar-refractivity contribution in [3.05, 3.63) is 52.7 Å². The zero-order valence-electron chi connectivity index (χ0n) is 11.0. The normalized spacial score (nSPS) is 10.3. The monoisotopic (exact) mass is 291 g/mol. The predicted octanol–water partition coefficient (Wildman–Crippen LogP) is 4.18. The highest BCUT2D eigenvalue weighted by Crippen LogP contribution is 2.28. The number of nitrogens with zero attached hydrogens (tertiary/aromatic N) is 1. The fourth-order valence-electron chi connectivity index (χ4n) is 1.76. The van der Waals surface area contributed by atoms with Gasteiger partial charge in [-0.15, -0.1) is 0 Å². The maximum atomic E-state index is 11.1. The van der Waals surface area contributed by atoms with Crippen LogP contribution in [0.25, 0.3) is 0 Å². The standard InChI is InChI=1S/C15H14ClNO3/c1-2-5-11-8-10(15(18)19)9-14(17-11)20-13-7-4-3-6-12(13)16/h3-4,6-9H,2,5H2,1H3,(H,18,19). The van der Waals surface area contributed by atoms with Crippen molar-refractivity contribution in [1.82, 2.24) is 4.98 Å². The first kappa shape index (κ1) is 14.3. The molecule has 2 rings (SSSR count). The lowest BCUT2D eigenvalue weighted by atomic mass is 10.1. The summed E-state index contributed by atoms with van der Waals surface area (Å²) in [6, 6.07) is 9.94. The first-order chi connectivity index (χ1) is 9.60. The molecule has 0 aliphatic carbocycles. The number of aromatic nitrogens is 1. The van der Waals surface area contributed by atoms with Gasteiger partial charge in [0.25, 0.3) is 0 Å². The molecule has 0 fully saturated rings. The summed E-state index contributed by atoms with van der Waals surface area (Å²) in [6.07, 6.45) is 1.57. The number of rotatable bonds is 5. The molecule has 0 bridgehead atoms. The molecule has 0 saturated heterocycles. The molecule has 1 aromatic heterocycles. The molecule has 0 spiro atoms. The highest BCUT2D eigenvalue weighted by Gasteiger charge is 2.11. The summed E-state index contributed by atoms with van der Waals surface area (Å²) >= 11 is 6.01. The van der Waals surface area contributed by atoms with Gasteiger partial charge < -0.3 is 9.84 Å². The second kappa shape index (κ2) is 6.39. The van der Waals surface area contributed by atoms with Crippen LogP contribution in [0, 0.1) is 0 Å². The molecule has 0 aliphatic rings. The predicted molar refractivity (Wildman–Crippen MR) is 76.7 cm³/mol. The van der Waals surface area contributed by atoms with Crippen molar-refractivity contribution in [2.24, 2.45) is 0 Å². The maximum absolute atomic E-state index is 11.1. The van der Waals surface area contributed by atoms with E-state index in [1.165, 1.54) is 6.07 Å². The molecule has 4 nitrogen and oxygen atoms in total. The maximum Gasteiger partial charge on any atom is 0.335 e. The summed E-state index contributed by atoms with van der Waals surface area (Å²) < 4.78 is 5.58. The van der Waals surface area contributed by atoms with Crippen LogP contribution >= 0.6 is 11.6 Å². The summed E-state index contributed by atoms with van der Waals surface area (Å²) in [5.41, 5.74) is 0.847. The van der Waals surface area contributed by atoms with Gasteiger partial charge in [0.1, 0.15) is 5.75 Å². The van der Waals surface area contributed by atoms with Crippen LogP contribution in [0.1, 0.15) is 29.4 Å². The third-order valence-electron chi connectivity index (χ3n) is 2.66. The van der Waals surface area contributed by atoms with Crippen LogP contribution in [0.5, 0.6) is 11.6 Å². The van der Waals surface area contributed by atoms with E-state index in [9.17, 15) is 4.79 Å². The number of ether oxygens (including phenoxy) is 1. The quantitative estimate of drug-likeness (QED) is 0.898. The smallest absolute Gasteiger partial charge is 0.335 e. The molecule has 5 heteroatoms. The molecule has 1 N–H and O–H groups in total. The van der Waals surface area contributed by atoms with Crippen LogP contribution in [0.4, 0.5) is 0 Å². The Bertz CT molecular complexity index is 628. The van der Waals surface area contributed by atoms with Crippen molar-refractivity contribution in [2.45, 2.75) is 19.8 Å². The minimum absolute atomic E-state index is 0.158. The van der Waals surface area contributed by atoms with E-state index in [4.69, 9.17) is 21.4 Å². The summed E-state index contributed by atoms with van der Waals surface area (Å²) in [5.74, 6) is -0.318. The summed E-state index contributed by atoms with van der Waals surface area (Å²) in [6.45, 7) is 2.00. The van der Waals surface area contributed by atoms with E-state index in [1.807, 2.05) is 6.92 Å². The fourth-order valence-corrected chi connectivity index (χ4v) is 1.93. The van der Waals surface area contributed by atoms with Crippen molar-refractivity contribution in [2.75, 3.05) is 0 Å². The second-order valence-corrected chi connectivity index (χ2v) is 4.68. The number of carbonyl (C=O) groups is 1. The van der Waals surface area contributed by atoms with E-state index in [-0.39, 0.29) is 11.4 Å². The number of aromatic carboxylic acids is 1. The fraction of sp³-hybridized carbons (Fsp3) is 0.200. The SMILES string of the molecule is CCCc1cc(C(=O)O)cc(Oc2ccccc2Cl)n1. The minimum atomic E-state index is -1.01. The zero-order valence-corrected chi connectivity index (χ0v) is 11.7. The Balaban J connectivity index is 2.35. The lowest BCUT2D eigenvalue weighted by Gasteiger charge is -2.09. The molecular formula is C15H14ClNO3. The number of para-hydroxylation sites is 1. The van der Waals surface area contributed by atoms with Gasteiger partial charge in [0, 0.05) is 11.8 Å². The Hall–Kier alpha value is -2.07. The molecule has 0 atom stereocenters. The lowest BCUT2D eigenvalue weighted by molar-refractivity contribution is 0.0696. The molecule has 0 unspecified atom stereocenters. The van der Waals surface area contributed by atoms with Crippen LogP contribution in [0.2, 0.25) is 5.02 Å². The van der Waals surface area contributed by atoms with Crippen LogP contribution < -0.4 is 4.74 Å². The van der Waals surface area contributed by atoms with Crippen LogP contribution in [-0.4, -0.2) is 16.1 Å². The zero-order chi connectivity index (χ0) is 14.5. The van der Waals surface area contributed by atoms with Gasteiger partial charge in [-0.05, 0) is 24.6 Å². The van der Waals surface area contributed by atoms with Gasteiger partial charge in [-0.1, -0.05) is 37.1 Å². The average Bonchev–Trinajstić information content (AvgIpc) is 2.41. The van der Waals surface area contributed by atoms with E-state index >= 15 is 0 Å². The topological polar surface area (TPSA) is 59.4 Å². The van der Waals surface area contributed by atoms with Gasteiger partial charge in [-0.25, -0.2) is 9.78 Å². The lowest BCUT2D eigenvalue weighted by Crippen LogP contribution is -2.02. The first-order valence-electron chi connectivity index (χ1n) is 6.26. The highest BCUT2D eigenvalue weighted by atomic mass is 35.5. The number of aryl methyl sites for hydroxylation is 1. The van der Waals surface area contributed by atoms with Gasteiger partial charge in [0.2, 0.25) is 5.88 Å². The van der Waals surface area contributed by atoms with Crippen LogP contribution in [-0.2, 0) is 6.42 Å². The van der Waals surface area contributed by atoms with E-state index in [2.05, 4.69) is 4.98 Å². The molecule has 1 heterocycles. The van der Waals surface area contributed by atoms with Gasteiger partial charge in [0.15, 0.2) is 0 Å². The number of halogens is 1. The molecule has 20 heavy (non-hydrogen) atoms.